The molecule has 1 aromatic heterocycles. The molecule has 1 aromatic carbocycles. The zero-order valence-electron chi connectivity index (χ0n) is 14.0. The van der Waals surface area contributed by atoms with Crippen LogP contribution in [0.2, 0.25) is 5.02 Å². The molecule has 2 rings (SSSR count). The quantitative estimate of drug-likeness (QED) is 0.842. The number of nitrogens with one attached hydrogen (secondary N) is 2. The summed E-state index contributed by atoms with van der Waals surface area (Å²) in [5.41, 5.74) is 1.79. The van der Waals surface area contributed by atoms with Crippen molar-refractivity contribution in [3.63, 3.8) is 0 Å². The molecule has 0 aliphatic carbocycles. The summed E-state index contributed by atoms with van der Waals surface area (Å²) in [5, 5.41) is 9.69. The highest BCUT2D eigenvalue weighted by atomic mass is 35.5. The van der Waals surface area contributed by atoms with Gasteiger partial charge in [-0.15, -0.1) is 0 Å². The molecule has 24 heavy (non-hydrogen) atoms. The van der Waals surface area contributed by atoms with E-state index in [1.165, 1.54) is 6.20 Å². The number of amides is 2. The van der Waals surface area contributed by atoms with Crippen LogP contribution in [-0.2, 0) is 0 Å². The number of benzene rings is 1. The van der Waals surface area contributed by atoms with Crippen LogP contribution in [0.25, 0.3) is 0 Å². The van der Waals surface area contributed by atoms with E-state index >= 15 is 0 Å². The second-order valence-electron chi connectivity index (χ2n) is 5.77. The number of aromatic amines is 1. The van der Waals surface area contributed by atoms with Gasteiger partial charge in [0, 0.05) is 25.3 Å². The molecule has 0 fully saturated rings. The van der Waals surface area contributed by atoms with E-state index in [1.54, 1.807) is 23.2 Å². The smallest absolute Gasteiger partial charge is 0.257 e. The van der Waals surface area contributed by atoms with Crippen LogP contribution in [0, 0.1) is 6.92 Å². The first-order chi connectivity index (χ1) is 11.4. The molecule has 2 amide bonds. The highest BCUT2D eigenvalue weighted by molar-refractivity contribution is 6.34. The van der Waals surface area contributed by atoms with Crippen LogP contribution in [0.5, 0.6) is 0 Å². The van der Waals surface area contributed by atoms with Crippen molar-refractivity contribution in [3.8, 4) is 0 Å². The van der Waals surface area contributed by atoms with Gasteiger partial charge < -0.3 is 10.2 Å². The highest BCUT2D eigenvalue weighted by Crippen LogP contribution is 2.19. The fourth-order valence-electron chi connectivity index (χ4n) is 2.34. The maximum absolute atomic E-state index is 12.4. The molecular formula is C17H21ClN4O2. The molecule has 2 aromatic rings. The summed E-state index contributed by atoms with van der Waals surface area (Å²) in [7, 11) is 0. The van der Waals surface area contributed by atoms with Crippen molar-refractivity contribution in [3.05, 3.63) is 52.3 Å². The number of rotatable bonds is 6. The average molecular weight is 349 g/mol. The van der Waals surface area contributed by atoms with Crippen molar-refractivity contribution in [2.24, 2.45) is 0 Å². The predicted molar refractivity (Wildman–Crippen MR) is 93.3 cm³/mol. The lowest BCUT2D eigenvalue weighted by atomic mass is 10.1. The van der Waals surface area contributed by atoms with Crippen molar-refractivity contribution in [2.75, 3.05) is 13.1 Å². The Kier molecular flexibility index (Phi) is 5.98. The molecule has 6 nitrogen and oxygen atoms in total. The Morgan fingerprint density at radius 1 is 1.38 bits per heavy atom. The number of aromatic nitrogens is 2. The zero-order chi connectivity index (χ0) is 17.7. The topological polar surface area (TPSA) is 78.1 Å². The molecule has 2 N–H and O–H groups in total. The number of carbonyl (C=O) groups excluding carboxylic acids is 2. The molecule has 0 aliphatic rings. The molecule has 0 spiro atoms. The van der Waals surface area contributed by atoms with Gasteiger partial charge in [0.25, 0.3) is 11.8 Å². The van der Waals surface area contributed by atoms with Crippen molar-refractivity contribution in [2.45, 2.75) is 26.8 Å². The van der Waals surface area contributed by atoms with Gasteiger partial charge in [-0.1, -0.05) is 23.7 Å². The highest BCUT2D eigenvalue weighted by Gasteiger charge is 2.20. The van der Waals surface area contributed by atoms with E-state index in [0.29, 0.717) is 29.2 Å². The lowest BCUT2D eigenvalue weighted by Gasteiger charge is -2.26. The molecule has 0 aliphatic heterocycles. The summed E-state index contributed by atoms with van der Waals surface area (Å²) in [5.74, 6) is -0.371. The van der Waals surface area contributed by atoms with E-state index < -0.39 is 0 Å². The monoisotopic (exact) mass is 348 g/mol. The number of aryl methyl sites for hydroxylation is 1. The standard InChI is InChI=1S/C17H21ClN4O2/c1-11(2)22(17(24)13-9-20-21-10-13)8-7-19-16(23)14-6-4-5-12(3)15(14)18/h4-6,9-11H,7-8H2,1-3H3,(H,19,23)(H,20,21). The van der Waals surface area contributed by atoms with Crippen molar-refractivity contribution >= 4 is 23.4 Å². The second kappa shape index (κ2) is 7.97. The predicted octanol–water partition coefficient (Wildman–Crippen LogP) is 2.65. The summed E-state index contributed by atoms with van der Waals surface area (Å²) < 4.78 is 0. The van der Waals surface area contributed by atoms with Gasteiger partial charge >= 0.3 is 0 Å². The number of hydrogen-bond acceptors (Lipinski definition) is 3. The third kappa shape index (κ3) is 4.14. The van der Waals surface area contributed by atoms with Crippen LogP contribution < -0.4 is 5.32 Å². The van der Waals surface area contributed by atoms with Crippen LogP contribution >= 0.6 is 11.6 Å². The summed E-state index contributed by atoms with van der Waals surface area (Å²) in [4.78, 5) is 26.4. The average Bonchev–Trinajstić information content (AvgIpc) is 3.07. The Bertz CT molecular complexity index is 713. The molecule has 0 bridgehead atoms. The van der Waals surface area contributed by atoms with E-state index in [4.69, 9.17) is 11.6 Å². The molecule has 0 unspecified atom stereocenters. The number of H-pyrrole nitrogens is 1. The van der Waals surface area contributed by atoms with E-state index in [9.17, 15) is 9.59 Å². The SMILES string of the molecule is Cc1cccc(C(=O)NCCN(C(=O)c2cn[nH]c2)C(C)C)c1Cl. The van der Waals surface area contributed by atoms with Gasteiger partial charge in [-0.2, -0.15) is 5.10 Å². The lowest BCUT2D eigenvalue weighted by Crippen LogP contribution is -2.42. The molecule has 0 radical (unpaired) electrons. The van der Waals surface area contributed by atoms with Crippen molar-refractivity contribution in [1.29, 1.82) is 0 Å². The van der Waals surface area contributed by atoms with Crippen molar-refractivity contribution < 1.29 is 9.59 Å². The molecule has 0 atom stereocenters. The number of carbonyl (C=O) groups is 2. The Morgan fingerprint density at radius 2 is 2.12 bits per heavy atom. The van der Waals surface area contributed by atoms with Crippen LogP contribution in [0.3, 0.4) is 0 Å². The van der Waals surface area contributed by atoms with E-state index in [-0.39, 0.29) is 17.9 Å². The van der Waals surface area contributed by atoms with E-state index in [1.807, 2.05) is 26.8 Å². The normalized spacial score (nSPS) is 10.7. The Balaban J connectivity index is 1.97. The molecular weight excluding hydrogens is 328 g/mol. The third-order valence-electron chi connectivity index (χ3n) is 3.70. The first-order valence-corrected chi connectivity index (χ1v) is 8.12. The Hall–Kier alpha value is -2.34. The van der Waals surface area contributed by atoms with Gasteiger partial charge in [-0.25, -0.2) is 0 Å². The lowest BCUT2D eigenvalue weighted by molar-refractivity contribution is 0.0700. The second-order valence-corrected chi connectivity index (χ2v) is 6.15. The summed E-state index contributed by atoms with van der Waals surface area (Å²) >= 11 is 6.16. The number of nitrogens with zero attached hydrogens (tertiary/aromatic N) is 2. The van der Waals surface area contributed by atoms with Crippen molar-refractivity contribution in [1.82, 2.24) is 20.4 Å². The van der Waals surface area contributed by atoms with Gasteiger partial charge in [0.2, 0.25) is 0 Å². The molecule has 7 heteroatoms. The number of hydrogen-bond donors (Lipinski definition) is 2. The fraction of sp³-hybridized carbons (Fsp3) is 0.353. The summed E-state index contributed by atoms with van der Waals surface area (Å²) in [6.45, 7) is 6.44. The summed E-state index contributed by atoms with van der Waals surface area (Å²) in [6, 6.07) is 5.33. The first kappa shape index (κ1) is 18.0. The minimum absolute atomic E-state index is 0.00635. The minimum atomic E-state index is -0.247. The summed E-state index contributed by atoms with van der Waals surface area (Å²) in [6.07, 6.45) is 3.05. The van der Waals surface area contributed by atoms with Gasteiger partial charge in [-0.3, -0.25) is 14.7 Å². The van der Waals surface area contributed by atoms with Gasteiger partial charge in [-0.05, 0) is 32.4 Å². The zero-order valence-corrected chi connectivity index (χ0v) is 14.7. The fourth-order valence-corrected chi connectivity index (χ4v) is 2.55. The molecule has 128 valence electrons. The van der Waals surface area contributed by atoms with Crippen LogP contribution in [0.1, 0.15) is 40.1 Å². The third-order valence-corrected chi connectivity index (χ3v) is 4.21. The van der Waals surface area contributed by atoms with Crippen LogP contribution in [0.15, 0.2) is 30.6 Å². The van der Waals surface area contributed by atoms with Gasteiger partial charge in [0.05, 0.1) is 22.3 Å². The first-order valence-electron chi connectivity index (χ1n) is 7.75. The Labute approximate surface area is 146 Å². The van der Waals surface area contributed by atoms with E-state index in [0.717, 1.165) is 5.56 Å². The molecule has 0 saturated heterocycles. The maximum atomic E-state index is 12.4. The van der Waals surface area contributed by atoms with Crippen LogP contribution in [0.4, 0.5) is 0 Å². The number of halogens is 1. The van der Waals surface area contributed by atoms with Crippen LogP contribution in [-0.4, -0.2) is 46.0 Å². The Morgan fingerprint density at radius 3 is 2.75 bits per heavy atom. The maximum Gasteiger partial charge on any atom is 0.257 e. The minimum Gasteiger partial charge on any atom is -0.350 e. The molecule has 1 heterocycles. The van der Waals surface area contributed by atoms with Gasteiger partial charge in [0.1, 0.15) is 0 Å². The van der Waals surface area contributed by atoms with Gasteiger partial charge in [0.15, 0.2) is 0 Å². The largest absolute Gasteiger partial charge is 0.350 e. The molecule has 0 saturated carbocycles. The van der Waals surface area contributed by atoms with E-state index in [2.05, 4.69) is 15.5 Å².